The molecule has 2 saturated carbocycles. The van der Waals surface area contributed by atoms with Gasteiger partial charge in [-0.2, -0.15) is 0 Å². The van der Waals surface area contributed by atoms with Crippen molar-refractivity contribution < 1.29 is 19.3 Å². The zero-order chi connectivity index (χ0) is 13.3. The molecular formula is C15H26O4. The lowest BCUT2D eigenvalue weighted by Crippen LogP contribution is -2.48. The Kier molecular flexibility index (Phi) is 4.13. The highest BCUT2D eigenvalue weighted by Gasteiger charge is 2.46. The van der Waals surface area contributed by atoms with Gasteiger partial charge in [0.15, 0.2) is 5.79 Å². The molecule has 2 aliphatic carbocycles. The lowest BCUT2D eigenvalue weighted by atomic mass is 9.86. The molecule has 0 aromatic heterocycles. The van der Waals surface area contributed by atoms with Crippen molar-refractivity contribution in [3.05, 3.63) is 0 Å². The SMILES string of the molecule is CC1CCCC(OC2CC3(CCC2O)OCCO3)C1. The zero-order valence-electron chi connectivity index (χ0n) is 11.8. The first-order valence-electron chi connectivity index (χ1n) is 7.78. The summed E-state index contributed by atoms with van der Waals surface area (Å²) in [5.41, 5.74) is 0. The van der Waals surface area contributed by atoms with Crippen LogP contribution < -0.4 is 0 Å². The van der Waals surface area contributed by atoms with Gasteiger partial charge in [-0.3, -0.25) is 0 Å². The van der Waals surface area contributed by atoms with E-state index in [0.717, 1.165) is 25.2 Å². The Morgan fingerprint density at radius 3 is 2.68 bits per heavy atom. The van der Waals surface area contributed by atoms with E-state index in [4.69, 9.17) is 14.2 Å². The van der Waals surface area contributed by atoms with Crippen LogP contribution in [0.3, 0.4) is 0 Å². The van der Waals surface area contributed by atoms with E-state index in [-0.39, 0.29) is 12.2 Å². The van der Waals surface area contributed by atoms with E-state index in [2.05, 4.69) is 6.92 Å². The van der Waals surface area contributed by atoms with Crippen LogP contribution in [0.4, 0.5) is 0 Å². The first kappa shape index (κ1) is 13.8. The van der Waals surface area contributed by atoms with Gasteiger partial charge in [-0.1, -0.05) is 19.8 Å². The number of rotatable bonds is 2. The average molecular weight is 270 g/mol. The molecule has 0 bridgehead atoms. The Labute approximate surface area is 115 Å². The quantitative estimate of drug-likeness (QED) is 0.836. The second kappa shape index (κ2) is 5.68. The number of aliphatic hydroxyl groups is 1. The maximum absolute atomic E-state index is 10.2. The smallest absolute Gasteiger partial charge is 0.171 e. The van der Waals surface area contributed by atoms with Crippen molar-refractivity contribution in [1.29, 1.82) is 0 Å². The fourth-order valence-electron chi connectivity index (χ4n) is 3.75. The lowest BCUT2D eigenvalue weighted by molar-refractivity contribution is -0.230. The summed E-state index contributed by atoms with van der Waals surface area (Å²) in [6, 6.07) is 0. The van der Waals surface area contributed by atoms with Gasteiger partial charge in [-0.25, -0.2) is 0 Å². The van der Waals surface area contributed by atoms with E-state index in [1.165, 1.54) is 12.8 Å². The topological polar surface area (TPSA) is 47.9 Å². The van der Waals surface area contributed by atoms with Gasteiger partial charge in [0.2, 0.25) is 0 Å². The van der Waals surface area contributed by atoms with Gasteiger partial charge in [0.25, 0.3) is 0 Å². The average Bonchev–Trinajstić information content (AvgIpc) is 2.83. The summed E-state index contributed by atoms with van der Waals surface area (Å²) in [6.45, 7) is 3.63. The van der Waals surface area contributed by atoms with Crippen molar-refractivity contribution in [3.63, 3.8) is 0 Å². The monoisotopic (exact) mass is 270 g/mol. The van der Waals surface area contributed by atoms with Gasteiger partial charge < -0.3 is 19.3 Å². The maximum atomic E-state index is 10.2. The van der Waals surface area contributed by atoms with Crippen LogP contribution >= 0.6 is 0 Å². The fourth-order valence-corrected chi connectivity index (χ4v) is 3.75. The molecule has 3 fully saturated rings. The van der Waals surface area contributed by atoms with E-state index in [0.29, 0.717) is 32.2 Å². The van der Waals surface area contributed by atoms with Gasteiger partial charge in [0.05, 0.1) is 31.5 Å². The molecular weight excluding hydrogens is 244 g/mol. The van der Waals surface area contributed by atoms with Gasteiger partial charge in [0, 0.05) is 12.8 Å². The van der Waals surface area contributed by atoms with Crippen molar-refractivity contribution in [2.45, 2.75) is 76.0 Å². The number of hydrogen-bond acceptors (Lipinski definition) is 4. The maximum Gasteiger partial charge on any atom is 0.171 e. The highest BCUT2D eigenvalue weighted by molar-refractivity contribution is 4.89. The second-order valence-corrected chi connectivity index (χ2v) is 6.49. The van der Waals surface area contributed by atoms with Crippen molar-refractivity contribution in [3.8, 4) is 0 Å². The molecule has 1 spiro atoms. The Bertz CT molecular complexity index is 301. The van der Waals surface area contributed by atoms with Crippen LogP contribution in [0, 0.1) is 5.92 Å². The Morgan fingerprint density at radius 2 is 1.95 bits per heavy atom. The molecule has 4 heteroatoms. The molecule has 1 N–H and O–H groups in total. The summed E-state index contributed by atoms with van der Waals surface area (Å²) in [7, 11) is 0. The first-order chi connectivity index (χ1) is 9.17. The second-order valence-electron chi connectivity index (χ2n) is 6.49. The first-order valence-corrected chi connectivity index (χ1v) is 7.78. The predicted octanol–water partition coefficient (Wildman–Crippen LogP) is 2.24. The minimum atomic E-state index is -0.468. The van der Waals surface area contributed by atoms with Gasteiger partial charge in [-0.15, -0.1) is 0 Å². The molecule has 0 aromatic rings. The molecule has 0 aromatic carbocycles. The largest absolute Gasteiger partial charge is 0.390 e. The van der Waals surface area contributed by atoms with Gasteiger partial charge >= 0.3 is 0 Å². The minimum Gasteiger partial charge on any atom is -0.390 e. The van der Waals surface area contributed by atoms with Crippen molar-refractivity contribution in [2.24, 2.45) is 5.92 Å². The molecule has 3 rings (SSSR count). The molecule has 0 amide bonds. The summed E-state index contributed by atoms with van der Waals surface area (Å²) in [5, 5.41) is 10.2. The van der Waals surface area contributed by atoms with E-state index < -0.39 is 5.79 Å². The Morgan fingerprint density at radius 1 is 1.16 bits per heavy atom. The lowest BCUT2D eigenvalue weighted by Gasteiger charge is -2.41. The number of hydrogen-bond donors (Lipinski definition) is 1. The van der Waals surface area contributed by atoms with Crippen LogP contribution in [0.2, 0.25) is 0 Å². The van der Waals surface area contributed by atoms with Gasteiger partial charge in [0.1, 0.15) is 0 Å². The van der Waals surface area contributed by atoms with E-state index >= 15 is 0 Å². The highest BCUT2D eigenvalue weighted by Crippen LogP contribution is 2.38. The van der Waals surface area contributed by atoms with E-state index in [1.54, 1.807) is 0 Å². The van der Waals surface area contributed by atoms with Gasteiger partial charge in [-0.05, 0) is 25.2 Å². The molecule has 110 valence electrons. The summed E-state index contributed by atoms with van der Waals surface area (Å²) < 4.78 is 17.7. The fraction of sp³-hybridized carbons (Fsp3) is 1.00. The molecule has 3 aliphatic rings. The molecule has 4 atom stereocenters. The standard InChI is InChI=1S/C15H26O4/c1-11-3-2-4-12(9-11)19-14-10-15(6-5-13(14)16)17-7-8-18-15/h11-14,16H,2-10H2,1H3. The molecule has 4 unspecified atom stereocenters. The van der Waals surface area contributed by atoms with E-state index in [9.17, 15) is 5.11 Å². The van der Waals surface area contributed by atoms with Crippen LogP contribution in [0.1, 0.15) is 51.9 Å². The third-order valence-electron chi connectivity index (χ3n) is 4.83. The molecule has 1 aliphatic heterocycles. The zero-order valence-corrected chi connectivity index (χ0v) is 11.8. The normalized spacial score (nSPS) is 42.6. The van der Waals surface area contributed by atoms with Crippen LogP contribution in [0.15, 0.2) is 0 Å². The van der Waals surface area contributed by atoms with Crippen LogP contribution in [0.5, 0.6) is 0 Å². The summed E-state index contributed by atoms with van der Waals surface area (Å²) in [6.07, 6.45) is 6.80. The Balaban J connectivity index is 1.58. The third-order valence-corrected chi connectivity index (χ3v) is 4.83. The van der Waals surface area contributed by atoms with Crippen molar-refractivity contribution in [1.82, 2.24) is 0 Å². The molecule has 19 heavy (non-hydrogen) atoms. The Hall–Kier alpha value is -0.160. The predicted molar refractivity (Wildman–Crippen MR) is 70.8 cm³/mol. The van der Waals surface area contributed by atoms with Crippen molar-refractivity contribution in [2.75, 3.05) is 13.2 Å². The summed E-state index contributed by atoms with van der Waals surface area (Å²) >= 11 is 0. The summed E-state index contributed by atoms with van der Waals surface area (Å²) in [4.78, 5) is 0. The third kappa shape index (κ3) is 3.13. The van der Waals surface area contributed by atoms with Crippen molar-refractivity contribution >= 4 is 0 Å². The van der Waals surface area contributed by atoms with Crippen LogP contribution in [-0.2, 0) is 14.2 Å². The number of aliphatic hydroxyl groups excluding tert-OH is 1. The molecule has 4 nitrogen and oxygen atoms in total. The molecule has 1 saturated heterocycles. The van der Waals surface area contributed by atoms with E-state index in [1.807, 2.05) is 0 Å². The number of ether oxygens (including phenoxy) is 3. The van der Waals surface area contributed by atoms with Crippen LogP contribution in [0.25, 0.3) is 0 Å². The molecule has 1 heterocycles. The highest BCUT2D eigenvalue weighted by atomic mass is 16.7. The minimum absolute atomic E-state index is 0.123. The summed E-state index contributed by atoms with van der Waals surface area (Å²) in [5.74, 6) is 0.275. The van der Waals surface area contributed by atoms with Crippen LogP contribution in [-0.4, -0.2) is 42.4 Å². The molecule has 0 radical (unpaired) electrons.